The van der Waals surface area contributed by atoms with Gasteiger partial charge in [0.25, 0.3) is 0 Å². The Balaban J connectivity index is 1.08. The summed E-state index contributed by atoms with van der Waals surface area (Å²) in [5, 5.41) is 5.93. The lowest BCUT2D eigenvalue weighted by molar-refractivity contribution is 0.645. The van der Waals surface area contributed by atoms with Crippen LogP contribution in [0.5, 0.6) is 0 Å². The van der Waals surface area contributed by atoms with E-state index in [1.54, 1.807) is 0 Å². The van der Waals surface area contributed by atoms with E-state index in [-0.39, 0.29) is 0 Å². The number of rotatable bonds is 5. The van der Waals surface area contributed by atoms with Crippen LogP contribution in [0.1, 0.15) is 0 Å². The predicted octanol–water partition coefficient (Wildman–Crippen LogP) is 13.6. The van der Waals surface area contributed by atoms with Gasteiger partial charge in [-0.1, -0.05) is 127 Å². The maximum absolute atomic E-state index is 6.76. The summed E-state index contributed by atoms with van der Waals surface area (Å²) in [5.41, 5.74) is 14.6. The molecule has 0 spiro atoms. The highest BCUT2D eigenvalue weighted by Gasteiger charge is 2.20. The number of furan rings is 1. The zero-order valence-electron chi connectivity index (χ0n) is 28.8. The first-order valence-corrected chi connectivity index (χ1v) is 18.1. The van der Waals surface area contributed by atoms with E-state index in [0.717, 1.165) is 50.1 Å². The molecule has 11 aromatic rings. The molecular formula is C50H32N2O. The van der Waals surface area contributed by atoms with Crippen molar-refractivity contribution in [3.05, 3.63) is 194 Å². The van der Waals surface area contributed by atoms with Crippen LogP contribution in [0.15, 0.2) is 199 Å². The molecular weight excluding hydrogens is 645 g/mol. The second-order valence-electron chi connectivity index (χ2n) is 13.8. The van der Waals surface area contributed by atoms with Crippen LogP contribution < -0.4 is 0 Å². The molecule has 0 saturated heterocycles. The number of hydrogen-bond acceptors (Lipinski definition) is 1. The lowest BCUT2D eigenvalue weighted by atomic mass is 10.0. The molecule has 0 amide bonds. The number of aromatic nitrogens is 2. The Labute approximate surface area is 306 Å². The highest BCUT2D eigenvalue weighted by Crippen LogP contribution is 2.41. The van der Waals surface area contributed by atoms with Gasteiger partial charge in [0, 0.05) is 32.9 Å². The number of benzene rings is 8. The Morgan fingerprint density at radius 2 is 0.811 bits per heavy atom. The molecule has 53 heavy (non-hydrogen) atoms. The second-order valence-corrected chi connectivity index (χ2v) is 13.8. The third-order valence-electron chi connectivity index (χ3n) is 10.7. The van der Waals surface area contributed by atoms with Gasteiger partial charge in [0.05, 0.1) is 21.9 Å². The van der Waals surface area contributed by atoms with E-state index in [4.69, 9.17) is 4.42 Å². The first kappa shape index (κ1) is 29.6. The highest BCUT2D eigenvalue weighted by atomic mass is 16.3. The largest absolute Gasteiger partial charge is 0.439 e. The fourth-order valence-corrected chi connectivity index (χ4v) is 8.25. The van der Waals surface area contributed by atoms with Crippen LogP contribution >= 0.6 is 0 Å². The number of para-hydroxylation sites is 2. The SMILES string of the molecule is c1ccc(-c2ccc3c(c2)c2cc(-c4ccccc4)ccc2n3-c2cccc(-c3ccc4c(c3)oc3c4c4ccccc4n3-c3ccccc3)c2)cc1. The zero-order valence-corrected chi connectivity index (χ0v) is 28.8. The third-order valence-corrected chi connectivity index (χ3v) is 10.7. The van der Waals surface area contributed by atoms with Crippen LogP contribution in [0.4, 0.5) is 0 Å². The molecule has 0 aliphatic carbocycles. The molecule has 0 atom stereocenters. The van der Waals surface area contributed by atoms with Gasteiger partial charge in [0.15, 0.2) is 0 Å². The third kappa shape index (κ3) is 4.68. The molecule has 0 aliphatic heterocycles. The first-order valence-electron chi connectivity index (χ1n) is 18.1. The Bertz CT molecular complexity index is 3050. The van der Waals surface area contributed by atoms with Crippen LogP contribution in [0.2, 0.25) is 0 Å². The molecule has 248 valence electrons. The Morgan fingerprint density at radius 3 is 1.49 bits per heavy atom. The van der Waals surface area contributed by atoms with Crippen molar-refractivity contribution >= 4 is 54.8 Å². The summed E-state index contributed by atoms with van der Waals surface area (Å²) < 4.78 is 11.4. The van der Waals surface area contributed by atoms with Gasteiger partial charge in [-0.05, 0) is 100 Å². The normalized spacial score (nSPS) is 11.8. The van der Waals surface area contributed by atoms with Crippen LogP contribution in [-0.4, -0.2) is 9.13 Å². The van der Waals surface area contributed by atoms with Gasteiger partial charge in [-0.25, -0.2) is 0 Å². The van der Waals surface area contributed by atoms with Gasteiger partial charge < -0.3 is 8.98 Å². The maximum Gasteiger partial charge on any atom is 0.213 e. The van der Waals surface area contributed by atoms with E-state index in [2.05, 4.69) is 203 Å². The molecule has 0 bridgehead atoms. The van der Waals surface area contributed by atoms with Gasteiger partial charge in [0.2, 0.25) is 5.71 Å². The van der Waals surface area contributed by atoms with E-state index < -0.39 is 0 Å². The quantitative estimate of drug-likeness (QED) is 0.178. The maximum atomic E-state index is 6.76. The van der Waals surface area contributed by atoms with Gasteiger partial charge in [-0.2, -0.15) is 0 Å². The molecule has 0 radical (unpaired) electrons. The zero-order chi connectivity index (χ0) is 34.9. The topological polar surface area (TPSA) is 23.0 Å². The van der Waals surface area contributed by atoms with Crippen molar-refractivity contribution < 1.29 is 4.42 Å². The molecule has 0 saturated carbocycles. The Hall–Kier alpha value is -7.10. The summed E-state index contributed by atoms with van der Waals surface area (Å²) >= 11 is 0. The van der Waals surface area contributed by atoms with Gasteiger partial charge in [0.1, 0.15) is 5.58 Å². The van der Waals surface area contributed by atoms with E-state index in [9.17, 15) is 0 Å². The van der Waals surface area contributed by atoms with Crippen molar-refractivity contribution in [2.45, 2.75) is 0 Å². The minimum absolute atomic E-state index is 0.869. The second kappa shape index (κ2) is 11.7. The molecule has 11 rings (SSSR count). The molecule has 0 unspecified atom stereocenters. The first-order chi connectivity index (χ1) is 26.3. The van der Waals surface area contributed by atoms with E-state index in [1.165, 1.54) is 49.4 Å². The number of nitrogens with zero attached hydrogens (tertiary/aromatic N) is 2. The van der Waals surface area contributed by atoms with Crippen molar-refractivity contribution in [3.63, 3.8) is 0 Å². The standard InChI is InChI=1S/C50H32N2O/c1-4-13-33(14-5-1)36-24-27-46-43(30-36)44-31-37(34-15-6-2-7-16-34)25-28-47(44)51(46)40-20-12-17-35(29-40)38-23-26-42-48(32-38)53-50-49(42)41-21-10-11-22-45(41)52(50)39-18-8-3-9-19-39/h1-32H. The summed E-state index contributed by atoms with van der Waals surface area (Å²) in [6.07, 6.45) is 0. The average molecular weight is 677 g/mol. The van der Waals surface area contributed by atoms with Crippen LogP contribution in [-0.2, 0) is 0 Å². The molecule has 0 fully saturated rings. The van der Waals surface area contributed by atoms with Crippen LogP contribution in [0.25, 0.3) is 99.5 Å². The fourth-order valence-electron chi connectivity index (χ4n) is 8.25. The van der Waals surface area contributed by atoms with Crippen molar-refractivity contribution in [3.8, 4) is 44.8 Å². The molecule has 0 aliphatic rings. The van der Waals surface area contributed by atoms with E-state index in [1.807, 2.05) is 0 Å². The van der Waals surface area contributed by atoms with Crippen molar-refractivity contribution in [2.24, 2.45) is 0 Å². The minimum Gasteiger partial charge on any atom is -0.439 e. The lowest BCUT2D eigenvalue weighted by Gasteiger charge is -2.11. The molecule has 8 aromatic carbocycles. The average Bonchev–Trinajstić information content (AvgIpc) is 3.87. The fraction of sp³-hybridized carbons (Fsp3) is 0. The van der Waals surface area contributed by atoms with Crippen molar-refractivity contribution in [2.75, 3.05) is 0 Å². The monoisotopic (exact) mass is 676 g/mol. The molecule has 3 nitrogen and oxygen atoms in total. The summed E-state index contributed by atoms with van der Waals surface area (Å²) in [4.78, 5) is 0. The van der Waals surface area contributed by atoms with Crippen molar-refractivity contribution in [1.29, 1.82) is 0 Å². The number of hydrogen-bond donors (Lipinski definition) is 0. The van der Waals surface area contributed by atoms with Crippen LogP contribution in [0.3, 0.4) is 0 Å². The summed E-state index contributed by atoms with van der Waals surface area (Å²) in [6.45, 7) is 0. The summed E-state index contributed by atoms with van der Waals surface area (Å²) in [6, 6.07) is 69.6. The Morgan fingerprint density at radius 1 is 0.302 bits per heavy atom. The number of fused-ring (bicyclic) bond motifs is 8. The summed E-state index contributed by atoms with van der Waals surface area (Å²) in [7, 11) is 0. The van der Waals surface area contributed by atoms with E-state index >= 15 is 0 Å². The highest BCUT2D eigenvalue weighted by molar-refractivity contribution is 6.20. The molecule has 3 heteroatoms. The van der Waals surface area contributed by atoms with Gasteiger partial charge >= 0.3 is 0 Å². The van der Waals surface area contributed by atoms with Gasteiger partial charge in [-0.15, -0.1) is 0 Å². The summed E-state index contributed by atoms with van der Waals surface area (Å²) in [5.74, 6) is 0. The van der Waals surface area contributed by atoms with Crippen molar-refractivity contribution in [1.82, 2.24) is 9.13 Å². The molecule has 3 aromatic heterocycles. The van der Waals surface area contributed by atoms with E-state index in [0.29, 0.717) is 0 Å². The molecule has 3 heterocycles. The predicted molar refractivity (Wildman–Crippen MR) is 221 cm³/mol. The van der Waals surface area contributed by atoms with Gasteiger partial charge in [-0.3, -0.25) is 4.57 Å². The molecule has 0 N–H and O–H groups in total. The minimum atomic E-state index is 0.869. The Kier molecular flexibility index (Phi) is 6.55. The lowest BCUT2D eigenvalue weighted by Crippen LogP contribution is -1.94. The van der Waals surface area contributed by atoms with Crippen LogP contribution in [0, 0.1) is 0 Å². The smallest absolute Gasteiger partial charge is 0.213 e.